The number of benzene rings is 1. The number of carboxylic acid groups (broad SMARTS) is 1. The van der Waals surface area contributed by atoms with Crippen LogP contribution in [0.5, 0.6) is 0 Å². The molecule has 3 rings (SSSR count). The number of hydrogen-bond acceptors (Lipinski definition) is 4. The molecular weight excluding hydrogens is 349 g/mol. The van der Waals surface area contributed by atoms with Gasteiger partial charge >= 0.3 is 5.97 Å². The number of aromatic carboxylic acids is 1. The van der Waals surface area contributed by atoms with Gasteiger partial charge in [-0.3, -0.25) is 4.68 Å². The molecule has 134 valence electrons. The summed E-state index contributed by atoms with van der Waals surface area (Å²) in [6.07, 6.45) is 1.84. The molecule has 0 atom stereocenters. The fraction of sp³-hybridized carbons (Fsp3) is 0.375. The maximum atomic E-state index is 14.3. The average Bonchev–Trinajstić information content (AvgIpc) is 2.88. The van der Waals surface area contributed by atoms with Crippen molar-refractivity contribution in [3.05, 3.63) is 47.5 Å². The van der Waals surface area contributed by atoms with Gasteiger partial charge in [0.25, 0.3) is 0 Å². The predicted molar refractivity (Wildman–Crippen MR) is 87.0 cm³/mol. The van der Waals surface area contributed by atoms with Gasteiger partial charge in [-0.25, -0.2) is 22.3 Å². The van der Waals surface area contributed by atoms with Crippen LogP contribution in [0.4, 0.5) is 4.39 Å². The van der Waals surface area contributed by atoms with Gasteiger partial charge in [0.1, 0.15) is 10.7 Å². The highest BCUT2D eigenvalue weighted by Gasteiger charge is 2.48. The van der Waals surface area contributed by atoms with Crippen molar-refractivity contribution in [1.82, 2.24) is 14.5 Å². The minimum absolute atomic E-state index is 0.218. The van der Waals surface area contributed by atoms with Gasteiger partial charge in [-0.1, -0.05) is 25.1 Å². The Morgan fingerprint density at radius 1 is 1.40 bits per heavy atom. The van der Waals surface area contributed by atoms with Crippen LogP contribution in [0.15, 0.2) is 35.4 Å². The Hall–Kier alpha value is -2.26. The van der Waals surface area contributed by atoms with Gasteiger partial charge < -0.3 is 5.11 Å². The zero-order valence-electron chi connectivity index (χ0n) is 13.7. The number of aromatic nitrogens is 2. The number of halogens is 1. The van der Waals surface area contributed by atoms with E-state index in [1.807, 2.05) is 6.92 Å². The third-order valence-electron chi connectivity index (χ3n) is 4.51. The molecule has 25 heavy (non-hydrogen) atoms. The molecule has 1 saturated carbocycles. The fourth-order valence-electron chi connectivity index (χ4n) is 3.51. The van der Waals surface area contributed by atoms with Crippen molar-refractivity contribution in [3.63, 3.8) is 0 Å². The zero-order chi connectivity index (χ0) is 18.4. The lowest BCUT2D eigenvalue weighted by Crippen LogP contribution is -2.54. The van der Waals surface area contributed by atoms with E-state index >= 15 is 0 Å². The lowest BCUT2D eigenvalue weighted by molar-refractivity contribution is 0.0680. The molecule has 1 fully saturated rings. The van der Waals surface area contributed by atoms with Crippen LogP contribution in [0.3, 0.4) is 0 Å². The molecule has 0 radical (unpaired) electrons. The molecule has 7 nitrogen and oxygen atoms in total. The van der Waals surface area contributed by atoms with Gasteiger partial charge in [0.15, 0.2) is 5.69 Å². The Morgan fingerprint density at radius 3 is 2.60 bits per heavy atom. The summed E-state index contributed by atoms with van der Waals surface area (Å²) in [4.78, 5) is 10.9. The summed E-state index contributed by atoms with van der Waals surface area (Å²) in [5.74, 6) is -1.68. The maximum absolute atomic E-state index is 14.3. The first kappa shape index (κ1) is 17.6. The van der Waals surface area contributed by atoms with Crippen molar-refractivity contribution in [3.8, 4) is 0 Å². The fourth-order valence-corrected chi connectivity index (χ4v) is 5.07. The Labute approximate surface area is 144 Å². The van der Waals surface area contributed by atoms with Crippen molar-refractivity contribution in [2.45, 2.75) is 30.2 Å². The second kappa shape index (κ2) is 5.92. The first-order valence-corrected chi connectivity index (χ1v) is 9.19. The summed E-state index contributed by atoms with van der Waals surface area (Å²) in [7, 11) is -2.86. The highest BCUT2D eigenvalue weighted by Crippen LogP contribution is 2.47. The van der Waals surface area contributed by atoms with E-state index in [1.165, 1.54) is 19.2 Å². The number of carboxylic acids is 1. The zero-order valence-corrected chi connectivity index (χ0v) is 14.5. The molecule has 1 aliphatic carbocycles. The van der Waals surface area contributed by atoms with Crippen molar-refractivity contribution in [2.75, 3.05) is 0 Å². The normalized spacial score (nSPS) is 23.2. The number of rotatable bonds is 5. The van der Waals surface area contributed by atoms with Crippen molar-refractivity contribution in [1.29, 1.82) is 0 Å². The highest BCUT2D eigenvalue weighted by molar-refractivity contribution is 7.89. The number of sulfonamides is 1. The molecule has 2 N–H and O–H groups in total. The molecule has 9 heteroatoms. The number of nitrogens with zero attached hydrogens (tertiary/aromatic N) is 2. The van der Waals surface area contributed by atoms with Crippen molar-refractivity contribution in [2.24, 2.45) is 13.0 Å². The number of carbonyl (C=O) groups is 1. The molecule has 1 aromatic heterocycles. The Balaban J connectivity index is 2.04. The van der Waals surface area contributed by atoms with Crippen LogP contribution in [0.1, 0.15) is 35.8 Å². The molecule has 0 saturated heterocycles. The Morgan fingerprint density at radius 2 is 2.04 bits per heavy atom. The molecule has 0 spiro atoms. The minimum Gasteiger partial charge on any atom is -0.476 e. The van der Waals surface area contributed by atoms with E-state index < -0.39 is 37.9 Å². The van der Waals surface area contributed by atoms with Gasteiger partial charge in [-0.05, 0) is 24.8 Å². The highest BCUT2D eigenvalue weighted by atomic mass is 32.2. The number of nitrogens with one attached hydrogen (secondary N) is 1. The summed E-state index contributed by atoms with van der Waals surface area (Å²) >= 11 is 0. The third kappa shape index (κ3) is 2.93. The molecule has 1 aromatic carbocycles. The standard InChI is InChI=1S/C16H18FN3O4S/c1-10-7-16(8-10,11-5-3-4-6-12(11)17)19-25(23,24)13-9-18-20(2)14(13)15(21)22/h3-6,9-10,19H,7-8H2,1-2H3,(H,21,22). The lowest BCUT2D eigenvalue weighted by Gasteiger charge is -2.47. The topological polar surface area (TPSA) is 101 Å². The van der Waals surface area contributed by atoms with Crippen molar-refractivity contribution >= 4 is 16.0 Å². The molecular formula is C16H18FN3O4S. The molecule has 1 aliphatic rings. The minimum atomic E-state index is -4.20. The van der Waals surface area contributed by atoms with E-state index in [4.69, 9.17) is 0 Å². The molecule has 1 heterocycles. The molecule has 0 aliphatic heterocycles. The quantitative estimate of drug-likeness (QED) is 0.840. The second-order valence-electron chi connectivity index (χ2n) is 6.47. The SMILES string of the molecule is CC1CC(NS(=O)(=O)c2cnn(C)c2C(=O)O)(c2ccccc2F)C1. The van der Waals surface area contributed by atoms with Crippen LogP contribution < -0.4 is 4.72 Å². The monoisotopic (exact) mass is 367 g/mol. The lowest BCUT2D eigenvalue weighted by atomic mass is 9.66. The van der Waals surface area contributed by atoms with E-state index in [-0.39, 0.29) is 11.5 Å². The van der Waals surface area contributed by atoms with Gasteiger partial charge in [0, 0.05) is 12.6 Å². The van der Waals surface area contributed by atoms with Crippen LogP contribution >= 0.6 is 0 Å². The molecule has 0 amide bonds. The predicted octanol–water partition coefficient (Wildman–Crippen LogP) is 1.86. The molecule has 2 aromatic rings. The summed E-state index contributed by atoms with van der Waals surface area (Å²) in [5, 5.41) is 13.0. The summed E-state index contributed by atoms with van der Waals surface area (Å²) < 4.78 is 43.4. The van der Waals surface area contributed by atoms with Crippen LogP contribution in [0, 0.1) is 11.7 Å². The summed E-state index contributed by atoms with van der Waals surface area (Å²) in [6, 6.07) is 6.00. The van der Waals surface area contributed by atoms with Crippen LogP contribution in [-0.4, -0.2) is 29.3 Å². The summed E-state index contributed by atoms with van der Waals surface area (Å²) in [5.41, 5.74) is -1.27. The third-order valence-corrected chi connectivity index (χ3v) is 6.05. The summed E-state index contributed by atoms with van der Waals surface area (Å²) in [6.45, 7) is 1.94. The van der Waals surface area contributed by atoms with Gasteiger partial charge in [-0.2, -0.15) is 5.10 Å². The van der Waals surface area contributed by atoms with Crippen molar-refractivity contribution < 1.29 is 22.7 Å². The number of hydrogen-bond donors (Lipinski definition) is 2. The van der Waals surface area contributed by atoms with Gasteiger partial charge in [0.2, 0.25) is 10.0 Å². The first-order valence-electron chi connectivity index (χ1n) is 7.70. The van der Waals surface area contributed by atoms with Crippen LogP contribution in [0.2, 0.25) is 0 Å². The smallest absolute Gasteiger partial charge is 0.355 e. The molecule has 0 bridgehead atoms. The molecule has 0 unspecified atom stereocenters. The Kier molecular flexibility index (Phi) is 4.16. The van der Waals surface area contributed by atoms with E-state index in [0.717, 1.165) is 10.9 Å². The second-order valence-corrected chi connectivity index (χ2v) is 8.12. The van der Waals surface area contributed by atoms with E-state index in [0.29, 0.717) is 12.8 Å². The van der Waals surface area contributed by atoms with E-state index in [9.17, 15) is 22.7 Å². The van der Waals surface area contributed by atoms with Gasteiger partial charge in [-0.15, -0.1) is 0 Å². The van der Waals surface area contributed by atoms with Crippen LogP contribution in [0.25, 0.3) is 0 Å². The maximum Gasteiger partial charge on any atom is 0.355 e. The first-order chi connectivity index (χ1) is 11.7. The largest absolute Gasteiger partial charge is 0.476 e. The van der Waals surface area contributed by atoms with E-state index in [2.05, 4.69) is 9.82 Å². The number of aryl methyl sites for hydroxylation is 1. The van der Waals surface area contributed by atoms with Crippen LogP contribution in [-0.2, 0) is 22.6 Å². The van der Waals surface area contributed by atoms with E-state index in [1.54, 1.807) is 12.1 Å². The Bertz CT molecular complexity index is 933. The average molecular weight is 367 g/mol. The van der Waals surface area contributed by atoms with Gasteiger partial charge in [0.05, 0.1) is 11.7 Å².